The van der Waals surface area contributed by atoms with Crippen molar-refractivity contribution >= 4 is 16.7 Å². The van der Waals surface area contributed by atoms with E-state index in [0.29, 0.717) is 0 Å². The quantitative estimate of drug-likeness (QED) is 0.517. The van der Waals surface area contributed by atoms with Crippen LogP contribution >= 0.6 is 0 Å². The maximum absolute atomic E-state index is 13.3. The van der Waals surface area contributed by atoms with Crippen LogP contribution in [0.15, 0.2) is 91.1 Å². The van der Waals surface area contributed by atoms with Gasteiger partial charge in [0, 0.05) is 22.7 Å². The molecule has 116 valence electrons. The van der Waals surface area contributed by atoms with Crippen LogP contribution in [0.25, 0.3) is 10.9 Å². The van der Waals surface area contributed by atoms with Crippen LogP contribution < -0.4 is 0 Å². The summed E-state index contributed by atoms with van der Waals surface area (Å²) in [5.41, 5.74) is 3.81. The molecular formula is C22H17NO. The lowest BCUT2D eigenvalue weighted by atomic mass is 9.85. The Labute approximate surface area is 140 Å². The van der Waals surface area contributed by atoms with Crippen molar-refractivity contribution < 1.29 is 4.79 Å². The number of aromatic nitrogens is 1. The van der Waals surface area contributed by atoms with Gasteiger partial charge in [0.05, 0.1) is 5.92 Å². The number of aromatic amines is 1. The summed E-state index contributed by atoms with van der Waals surface area (Å²) in [6.07, 6.45) is 1.96. The Balaban J connectivity index is 1.90. The van der Waals surface area contributed by atoms with E-state index in [0.717, 1.165) is 27.6 Å². The summed E-state index contributed by atoms with van der Waals surface area (Å²) in [6.45, 7) is 0. The summed E-state index contributed by atoms with van der Waals surface area (Å²) in [7, 11) is 0. The number of benzene rings is 3. The molecule has 1 N–H and O–H groups in total. The Hall–Kier alpha value is -3.13. The van der Waals surface area contributed by atoms with Crippen molar-refractivity contribution in [2.24, 2.45) is 0 Å². The number of carbonyl (C=O) groups is 1. The molecular weight excluding hydrogens is 294 g/mol. The largest absolute Gasteiger partial charge is 0.361 e. The van der Waals surface area contributed by atoms with Crippen molar-refractivity contribution in [2.75, 3.05) is 0 Å². The number of para-hydroxylation sites is 1. The smallest absolute Gasteiger partial charge is 0.174 e. The Bertz CT molecular complexity index is 970. The van der Waals surface area contributed by atoms with Gasteiger partial charge in [-0.25, -0.2) is 0 Å². The average molecular weight is 311 g/mol. The lowest BCUT2D eigenvalue weighted by Crippen LogP contribution is -2.14. The summed E-state index contributed by atoms with van der Waals surface area (Å²) in [5, 5.41) is 1.09. The second-order valence-corrected chi connectivity index (χ2v) is 5.86. The maximum Gasteiger partial charge on any atom is 0.174 e. The number of nitrogens with one attached hydrogen (secondary N) is 1. The topological polar surface area (TPSA) is 32.9 Å². The van der Waals surface area contributed by atoms with E-state index in [1.54, 1.807) is 0 Å². The van der Waals surface area contributed by atoms with Crippen molar-refractivity contribution in [3.05, 3.63) is 108 Å². The van der Waals surface area contributed by atoms with Crippen molar-refractivity contribution in [1.82, 2.24) is 4.98 Å². The van der Waals surface area contributed by atoms with Gasteiger partial charge in [0.25, 0.3) is 0 Å². The third-order valence-electron chi connectivity index (χ3n) is 4.39. The molecule has 3 aromatic carbocycles. The van der Waals surface area contributed by atoms with Crippen LogP contribution in [0.5, 0.6) is 0 Å². The molecule has 1 heterocycles. The second-order valence-electron chi connectivity index (χ2n) is 5.86. The molecule has 2 nitrogen and oxygen atoms in total. The summed E-state index contributed by atoms with van der Waals surface area (Å²) >= 11 is 0. The van der Waals surface area contributed by atoms with E-state index >= 15 is 0 Å². The van der Waals surface area contributed by atoms with Crippen LogP contribution in [0.4, 0.5) is 0 Å². The third kappa shape index (κ3) is 2.52. The van der Waals surface area contributed by atoms with Gasteiger partial charge in [-0.15, -0.1) is 0 Å². The molecule has 0 radical (unpaired) electrons. The first kappa shape index (κ1) is 14.5. The summed E-state index contributed by atoms with van der Waals surface area (Å²) < 4.78 is 0. The number of hydrogen-bond donors (Lipinski definition) is 1. The first-order valence-electron chi connectivity index (χ1n) is 8.05. The molecule has 0 aliphatic carbocycles. The molecule has 4 rings (SSSR count). The van der Waals surface area contributed by atoms with E-state index < -0.39 is 0 Å². The van der Waals surface area contributed by atoms with Gasteiger partial charge in [0.2, 0.25) is 0 Å². The van der Waals surface area contributed by atoms with Crippen LogP contribution in [-0.4, -0.2) is 10.8 Å². The Morgan fingerprint density at radius 2 is 1.38 bits per heavy atom. The fourth-order valence-corrected chi connectivity index (χ4v) is 3.22. The van der Waals surface area contributed by atoms with Crippen molar-refractivity contribution in [3.63, 3.8) is 0 Å². The van der Waals surface area contributed by atoms with Crippen molar-refractivity contribution in [1.29, 1.82) is 0 Å². The van der Waals surface area contributed by atoms with E-state index in [2.05, 4.69) is 11.1 Å². The van der Waals surface area contributed by atoms with E-state index in [-0.39, 0.29) is 11.7 Å². The maximum atomic E-state index is 13.3. The molecule has 0 aliphatic rings. The number of hydrogen-bond acceptors (Lipinski definition) is 1. The minimum absolute atomic E-state index is 0.117. The van der Waals surface area contributed by atoms with Gasteiger partial charge in [-0.1, -0.05) is 78.9 Å². The molecule has 1 atom stereocenters. The normalized spacial score (nSPS) is 12.2. The number of carbonyl (C=O) groups excluding carboxylic acids is 1. The minimum Gasteiger partial charge on any atom is -0.361 e. The standard InChI is InChI=1S/C22H17NO/c24-22(17-11-5-2-6-12-17)21(16-9-3-1-4-10-16)19-15-23-20-14-8-7-13-18(19)20/h1-15,21,23H. The summed E-state index contributed by atoms with van der Waals surface area (Å²) in [6, 6.07) is 27.6. The van der Waals surface area contributed by atoms with E-state index in [1.807, 2.05) is 85.1 Å². The molecule has 1 unspecified atom stereocenters. The number of H-pyrrole nitrogens is 1. The molecule has 0 amide bonds. The highest BCUT2D eigenvalue weighted by Crippen LogP contribution is 2.33. The molecule has 0 saturated heterocycles. The average Bonchev–Trinajstić information content (AvgIpc) is 3.07. The lowest BCUT2D eigenvalue weighted by Gasteiger charge is -2.16. The number of Topliss-reactive ketones (excluding diaryl/α,β-unsaturated/α-hetero) is 1. The molecule has 2 heteroatoms. The highest BCUT2D eigenvalue weighted by Gasteiger charge is 2.26. The van der Waals surface area contributed by atoms with Gasteiger partial charge in [-0.05, 0) is 17.2 Å². The lowest BCUT2D eigenvalue weighted by molar-refractivity contribution is 0.0974. The van der Waals surface area contributed by atoms with Gasteiger partial charge < -0.3 is 4.98 Å². The molecule has 0 fully saturated rings. The van der Waals surface area contributed by atoms with Crippen LogP contribution in [-0.2, 0) is 0 Å². The van der Waals surface area contributed by atoms with Gasteiger partial charge in [-0.3, -0.25) is 4.79 Å². The van der Waals surface area contributed by atoms with Crippen LogP contribution in [0.2, 0.25) is 0 Å². The Morgan fingerprint density at radius 3 is 2.12 bits per heavy atom. The van der Waals surface area contributed by atoms with Gasteiger partial charge in [-0.2, -0.15) is 0 Å². The predicted molar refractivity (Wildman–Crippen MR) is 97.4 cm³/mol. The predicted octanol–water partition coefficient (Wildman–Crippen LogP) is 5.18. The van der Waals surface area contributed by atoms with Gasteiger partial charge >= 0.3 is 0 Å². The van der Waals surface area contributed by atoms with Gasteiger partial charge in [0.1, 0.15) is 0 Å². The fourth-order valence-electron chi connectivity index (χ4n) is 3.22. The first-order chi connectivity index (χ1) is 11.8. The highest BCUT2D eigenvalue weighted by molar-refractivity contribution is 6.05. The summed E-state index contributed by atoms with van der Waals surface area (Å²) in [5.74, 6) is -0.198. The molecule has 0 aliphatic heterocycles. The Kier molecular flexibility index (Phi) is 3.72. The van der Waals surface area contributed by atoms with Crippen LogP contribution in [0.1, 0.15) is 27.4 Å². The zero-order valence-electron chi connectivity index (χ0n) is 13.1. The van der Waals surface area contributed by atoms with E-state index in [1.165, 1.54) is 0 Å². The molecule has 1 aromatic heterocycles. The fraction of sp³-hybridized carbons (Fsp3) is 0.0455. The first-order valence-corrected chi connectivity index (χ1v) is 8.05. The molecule has 4 aromatic rings. The van der Waals surface area contributed by atoms with Crippen molar-refractivity contribution in [2.45, 2.75) is 5.92 Å². The molecule has 0 bridgehead atoms. The molecule has 24 heavy (non-hydrogen) atoms. The molecule has 0 saturated carbocycles. The van der Waals surface area contributed by atoms with E-state index in [9.17, 15) is 4.79 Å². The van der Waals surface area contributed by atoms with Crippen LogP contribution in [0, 0.1) is 0 Å². The number of rotatable bonds is 4. The van der Waals surface area contributed by atoms with E-state index in [4.69, 9.17) is 0 Å². The summed E-state index contributed by atoms with van der Waals surface area (Å²) in [4.78, 5) is 16.6. The molecule has 0 spiro atoms. The second kappa shape index (κ2) is 6.17. The van der Waals surface area contributed by atoms with Crippen LogP contribution in [0.3, 0.4) is 0 Å². The number of fused-ring (bicyclic) bond motifs is 1. The van der Waals surface area contributed by atoms with Gasteiger partial charge in [0.15, 0.2) is 5.78 Å². The minimum atomic E-state index is -0.315. The number of ketones is 1. The Morgan fingerprint density at radius 1 is 0.750 bits per heavy atom. The zero-order valence-corrected chi connectivity index (χ0v) is 13.1. The SMILES string of the molecule is O=C(c1ccccc1)C(c1ccccc1)c1c[nH]c2ccccc12. The third-order valence-corrected chi connectivity index (χ3v) is 4.39. The highest BCUT2D eigenvalue weighted by atomic mass is 16.1. The zero-order chi connectivity index (χ0) is 16.4. The van der Waals surface area contributed by atoms with Crippen molar-refractivity contribution in [3.8, 4) is 0 Å². The monoisotopic (exact) mass is 311 g/mol.